The van der Waals surface area contributed by atoms with Gasteiger partial charge in [0.05, 0.1) is 0 Å². The first-order chi connectivity index (χ1) is 13.2. The van der Waals surface area contributed by atoms with Crippen LogP contribution in [0.3, 0.4) is 0 Å². The van der Waals surface area contributed by atoms with Crippen molar-refractivity contribution >= 4 is 23.1 Å². The van der Waals surface area contributed by atoms with E-state index in [1.807, 2.05) is 30.5 Å². The summed E-state index contributed by atoms with van der Waals surface area (Å²) in [4.78, 5) is 4.57. The van der Waals surface area contributed by atoms with Crippen LogP contribution < -0.4 is 10.6 Å². The largest absolute Gasteiger partial charge is 0.340 e. The van der Waals surface area contributed by atoms with Crippen LogP contribution in [-0.2, 0) is 13.1 Å². The Morgan fingerprint density at radius 1 is 1.04 bits per heavy atom. The van der Waals surface area contributed by atoms with Gasteiger partial charge in [-0.15, -0.1) is 0 Å². The fourth-order valence-electron chi connectivity index (χ4n) is 3.15. The maximum absolute atomic E-state index is 13.0. The number of hydrogen-bond acceptors (Lipinski definition) is 3. The van der Waals surface area contributed by atoms with Gasteiger partial charge in [-0.3, -0.25) is 0 Å². The Kier molecular flexibility index (Phi) is 5.37. The molecule has 1 aliphatic carbocycles. The summed E-state index contributed by atoms with van der Waals surface area (Å²) in [7, 11) is 0. The molecule has 1 heterocycles. The lowest BCUT2D eigenvalue weighted by molar-refractivity contribution is 0.624. The summed E-state index contributed by atoms with van der Waals surface area (Å²) in [5.74, 6) is 1.25. The standard InChI is InChI=1S/C22H21ClFN3/c23-18-2-1-3-20(10-18)27-22-11-21(16-6-7-16)17(14-26-22)13-25-12-15-4-8-19(24)9-5-15/h1-5,8-11,14,16,25H,6-7,12-13H2,(H,26,27). The molecule has 1 fully saturated rings. The molecule has 2 aromatic carbocycles. The number of anilines is 2. The summed E-state index contributed by atoms with van der Waals surface area (Å²) in [6, 6.07) is 16.4. The van der Waals surface area contributed by atoms with Crippen molar-refractivity contribution in [3.05, 3.63) is 88.3 Å². The third kappa shape index (κ3) is 4.85. The predicted molar refractivity (Wildman–Crippen MR) is 108 cm³/mol. The number of halogens is 2. The van der Waals surface area contributed by atoms with E-state index in [0.29, 0.717) is 17.5 Å². The van der Waals surface area contributed by atoms with Crippen molar-refractivity contribution < 1.29 is 4.39 Å². The Bertz CT molecular complexity index is 923. The Morgan fingerprint density at radius 2 is 1.85 bits per heavy atom. The van der Waals surface area contributed by atoms with Crippen LogP contribution in [0.5, 0.6) is 0 Å². The number of hydrogen-bond donors (Lipinski definition) is 2. The zero-order chi connectivity index (χ0) is 18.6. The fraction of sp³-hybridized carbons (Fsp3) is 0.227. The molecule has 0 aliphatic heterocycles. The van der Waals surface area contributed by atoms with Gasteiger partial charge in [-0.05, 0) is 71.8 Å². The summed E-state index contributed by atoms with van der Waals surface area (Å²) in [5.41, 5.74) is 4.56. The molecule has 2 N–H and O–H groups in total. The third-order valence-electron chi connectivity index (χ3n) is 4.69. The van der Waals surface area contributed by atoms with Gasteiger partial charge < -0.3 is 10.6 Å². The van der Waals surface area contributed by atoms with Gasteiger partial charge in [0.25, 0.3) is 0 Å². The van der Waals surface area contributed by atoms with Gasteiger partial charge in [-0.2, -0.15) is 0 Å². The summed E-state index contributed by atoms with van der Waals surface area (Å²) >= 11 is 6.05. The molecule has 0 amide bonds. The van der Waals surface area contributed by atoms with E-state index in [1.165, 1.54) is 36.1 Å². The molecule has 3 aromatic rings. The van der Waals surface area contributed by atoms with E-state index < -0.39 is 0 Å². The molecule has 4 rings (SSSR count). The molecule has 1 aliphatic rings. The molecule has 5 heteroatoms. The summed E-state index contributed by atoms with van der Waals surface area (Å²) in [6.45, 7) is 1.44. The number of nitrogens with one attached hydrogen (secondary N) is 2. The van der Waals surface area contributed by atoms with Gasteiger partial charge in [-0.1, -0.05) is 29.8 Å². The fourth-order valence-corrected chi connectivity index (χ4v) is 3.34. The van der Waals surface area contributed by atoms with Crippen LogP contribution in [0.1, 0.15) is 35.4 Å². The van der Waals surface area contributed by atoms with Crippen molar-refractivity contribution in [2.24, 2.45) is 0 Å². The van der Waals surface area contributed by atoms with E-state index in [4.69, 9.17) is 11.6 Å². The third-order valence-corrected chi connectivity index (χ3v) is 4.93. The van der Waals surface area contributed by atoms with Crippen LogP contribution in [0.2, 0.25) is 5.02 Å². The minimum Gasteiger partial charge on any atom is -0.340 e. The lowest BCUT2D eigenvalue weighted by Gasteiger charge is -2.13. The van der Waals surface area contributed by atoms with E-state index >= 15 is 0 Å². The first-order valence-electron chi connectivity index (χ1n) is 9.14. The van der Waals surface area contributed by atoms with E-state index in [1.54, 1.807) is 12.1 Å². The van der Waals surface area contributed by atoms with Crippen LogP contribution in [0.4, 0.5) is 15.9 Å². The van der Waals surface area contributed by atoms with Crippen molar-refractivity contribution in [1.82, 2.24) is 10.3 Å². The van der Waals surface area contributed by atoms with Gasteiger partial charge in [0.15, 0.2) is 0 Å². The quantitative estimate of drug-likeness (QED) is 0.544. The van der Waals surface area contributed by atoms with Gasteiger partial charge in [0.2, 0.25) is 0 Å². The number of benzene rings is 2. The molecule has 1 saturated carbocycles. The van der Waals surface area contributed by atoms with Crippen LogP contribution in [0.25, 0.3) is 0 Å². The maximum Gasteiger partial charge on any atom is 0.130 e. The molecular weight excluding hydrogens is 361 g/mol. The smallest absolute Gasteiger partial charge is 0.130 e. The average Bonchev–Trinajstić information content (AvgIpc) is 3.49. The Balaban J connectivity index is 1.44. The molecule has 0 saturated heterocycles. The van der Waals surface area contributed by atoms with Gasteiger partial charge in [-0.25, -0.2) is 9.37 Å². The zero-order valence-corrected chi connectivity index (χ0v) is 15.6. The number of nitrogens with zero attached hydrogens (tertiary/aromatic N) is 1. The van der Waals surface area contributed by atoms with Crippen molar-refractivity contribution in [1.29, 1.82) is 0 Å². The maximum atomic E-state index is 13.0. The molecule has 138 valence electrons. The van der Waals surface area contributed by atoms with Gasteiger partial charge in [0.1, 0.15) is 11.6 Å². The predicted octanol–water partition coefficient (Wildman–Crippen LogP) is 5.78. The Labute approximate surface area is 163 Å². The van der Waals surface area contributed by atoms with Gasteiger partial charge in [0, 0.05) is 30.0 Å². The second kappa shape index (κ2) is 8.07. The van der Waals surface area contributed by atoms with E-state index in [9.17, 15) is 4.39 Å². The molecular formula is C22H21ClFN3. The van der Waals surface area contributed by atoms with Crippen LogP contribution >= 0.6 is 11.6 Å². The minimum atomic E-state index is -0.207. The summed E-state index contributed by atoms with van der Waals surface area (Å²) in [6.07, 6.45) is 4.40. The highest BCUT2D eigenvalue weighted by atomic mass is 35.5. The number of aromatic nitrogens is 1. The number of rotatable bonds is 7. The monoisotopic (exact) mass is 381 g/mol. The molecule has 0 radical (unpaired) electrons. The Hall–Kier alpha value is -2.43. The second-order valence-corrected chi connectivity index (χ2v) is 7.34. The van der Waals surface area contributed by atoms with Crippen LogP contribution in [-0.4, -0.2) is 4.98 Å². The second-order valence-electron chi connectivity index (χ2n) is 6.91. The molecule has 0 bridgehead atoms. The van der Waals surface area contributed by atoms with Gasteiger partial charge >= 0.3 is 0 Å². The first kappa shape index (κ1) is 18.0. The summed E-state index contributed by atoms with van der Waals surface area (Å²) < 4.78 is 13.0. The SMILES string of the molecule is Fc1ccc(CNCc2cnc(Nc3cccc(Cl)c3)cc2C2CC2)cc1. The van der Waals surface area contributed by atoms with Crippen molar-refractivity contribution in [3.8, 4) is 0 Å². The first-order valence-corrected chi connectivity index (χ1v) is 9.52. The van der Waals surface area contributed by atoms with Crippen LogP contribution in [0, 0.1) is 5.82 Å². The summed E-state index contributed by atoms with van der Waals surface area (Å²) in [5, 5.41) is 7.47. The molecule has 1 aromatic heterocycles. The lowest BCUT2D eigenvalue weighted by Crippen LogP contribution is -2.14. The Morgan fingerprint density at radius 3 is 2.59 bits per heavy atom. The van der Waals surface area contributed by atoms with Crippen molar-refractivity contribution in [3.63, 3.8) is 0 Å². The highest BCUT2D eigenvalue weighted by Crippen LogP contribution is 2.42. The topological polar surface area (TPSA) is 37.0 Å². The lowest BCUT2D eigenvalue weighted by atomic mass is 10.1. The highest BCUT2D eigenvalue weighted by molar-refractivity contribution is 6.30. The van der Waals surface area contributed by atoms with E-state index in [0.717, 1.165) is 23.6 Å². The minimum absolute atomic E-state index is 0.207. The van der Waals surface area contributed by atoms with Crippen molar-refractivity contribution in [2.75, 3.05) is 5.32 Å². The molecule has 0 unspecified atom stereocenters. The van der Waals surface area contributed by atoms with E-state index in [2.05, 4.69) is 21.7 Å². The molecule has 0 spiro atoms. The molecule has 3 nitrogen and oxygen atoms in total. The number of pyridine rings is 1. The highest BCUT2D eigenvalue weighted by Gasteiger charge is 2.26. The normalized spacial score (nSPS) is 13.6. The molecule has 27 heavy (non-hydrogen) atoms. The van der Waals surface area contributed by atoms with Crippen molar-refractivity contribution in [2.45, 2.75) is 31.8 Å². The molecule has 0 atom stereocenters. The average molecular weight is 382 g/mol. The zero-order valence-electron chi connectivity index (χ0n) is 14.9. The van der Waals surface area contributed by atoms with E-state index in [-0.39, 0.29) is 5.82 Å². The van der Waals surface area contributed by atoms with Crippen LogP contribution in [0.15, 0.2) is 60.8 Å².